The fraction of sp³-hybridized carbons (Fsp3) is 0.389. The van der Waals surface area contributed by atoms with Crippen molar-refractivity contribution in [1.29, 1.82) is 0 Å². The first-order chi connectivity index (χ1) is 21.7. The summed E-state index contributed by atoms with van der Waals surface area (Å²) in [4.78, 5) is 62.5. The zero-order chi connectivity index (χ0) is 32.0. The van der Waals surface area contributed by atoms with Crippen LogP contribution >= 0.6 is 0 Å². The van der Waals surface area contributed by atoms with E-state index in [0.29, 0.717) is 35.0 Å². The molecule has 3 fully saturated rings. The van der Waals surface area contributed by atoms with Crippen molar-refractivity contribution in [2.75, 3.05) is 30.6 Å². The summed E-state index contributed by atoms with van der Waals surface area (Å²) in [5.41, 5.74) is 2.00. The van der Waals surface area contributed by atoms with Gasteiger partial charge in [-0.1, -0.05) is 61.2 Å². The van der Waals surface area contributed by atoms with E-state index in [1.807, 2.05) is 49.1 Å². The number of carbonyl (C=O) groups excluding carboxylic acids is 4. The molecule has 3 aromatic carbocycles. The fourth-order valence-corrected chi connectivity index (χ4v) is 7.49. The molecule has 1 spiro atoms. The molecule has 0 N–H and O–H groups in total. The van der Waals surface area contributed by atoms with Crippen LogP contribution in [-0.4, -0.2) is 54.8 Å². The number of rotatable bonds is 9. The van der Waals surface area contributed by atoms with E-state index in [1.165, 1.54) is 9.80 Å². The maximum atomic E-state index is 14.9. The zero-order valence-corrected chi connectivity index (χ0v) is 26.4. The van der Waals surface area contributed by atoms with Gasteiger partial charge in [0, 0.05) is 11.6 Å². The Labute approximate surface area is 263 Å². The first-order valence-corrected chi connectivity index (χ1v) is 15.5. The van der Waals surface area contributed by atoms with Crippen LogP contribution in [0.15, 0.2) is 66.7 Å². The van der Waals surface area contributed by atoms with Crippen LogP contribution in [-0.2, 0) is 19.2 Å². The van der Waals surface area contributed by atoms with Gasteiger partial charge in [-0.05, 0) is 57.1 Å². The Morgan fingerprint density at radius 2 is 1.40 bits per heavy atom. The minimum atomic E-state index is -1.55. The van der Waals surface area contributed by atoms with Crippen LogP contribution in [0.5, 0.6) is 11.5 Å². The number of imide groups is 2. The summed E-state index contributed by atoms with van der Waals surface area (Å²) >= 11 is 0. The van der Waals surface area contributed by atoms with Gasteiger partial charge in [0.1, 0.15) is 17.0 Å². The van der Waals surface area contributed by atoms with Crippen LogP contribution in [0.1, 0.15) is 55.3 Å². The van der Waals surface area contributed by atoms with Crippen molar-refractivity contribution in [3.8, 4) is 11.5 Å². The Kier molecular flexibility index (Phi) is 7.99. The van der Waals surface area contributed by atoms with Gasteiger partial charge in [-0.2, -0.15) is 0 Å². The lowest BCUT2D eigenvalue weighted by molar-refractivity contribution is -0.135. The van der Waals surface area contributed by atoms with E-state index in [9.17, 15) is 19.2 Å². The number of benzene rings is 3. The van der Waals surface area contributed by atoms with E-state index in [2.05, 4.69) is 6.92 Å². The van der Waals surface area contributed by atoms with Gasteiger partial charge >= 0.3 is 0 Å². The van der Waals surface area contributed by atoms with E-state index in [4.69, 9.17) is 9.47 Å². The Balaban J connectivity index is 1.57. The number of nitrogens with zero attached hydrogens (tertiary/aromatic N) is 3. The van der Waals surface area contributed by atoms with Gasteiger partial charge in [-0.15, -0.1) is 0 Å². The molecular formula is C36H39N3O6. The van der Waals surface area contributed by atoms with Crippen molar-refractivity contribution in [3.05, 3.63) is 83.4 Å². The van der Waals surface area contributed by atoms with E-state index in [0.717, 1.165) is 30.4 Å². The highest BCUT2D eigenvalue weighted by Crippen LogP contribution is 2.60. The van der Waals surface area contributed by atoms with E-state index in [1.54, 1.807) is 50.6 Å². The lowest BCUT2D eigenvalue weighted by Crippen LogP contribution is -2.57. The smallest absolute Gasteiger partial charge is 0.255 e. The molecule has 3 aliphatic rings. The van der Waals surface area contributed by atoms with E-state index >= 15 is 0 Å². The van der Waals surface area contributed by atoms with Crippen molar-refractivity contribution in [1.82, 2.24) is 4.90 Å². The number of methoxy groups -OCH3 is 2. The number of fused-ring (bicyclic) bond motifs is 2. The molecule has 9 heteroatoms. The minimum absolute atomic E-state index is 0.206. The molecule has 3 saturated heterocycles. The average molecular weight is 610 g/mol. The quantitative estimate of drug-likeness (QED) is 0.238. The number of amides is 4. The standard InChI is InChI=1S/C36H39N3O6/c1-6-7-8-19-37-32(27-18-17-26(44-4)20-28(27)45-5)30-31(34(42)39(33(30)41)25-15-11-23(3)12-16-25)36(37)21-29(40)38(35(36)43)24-13-9-22(2)10-14-24/h9-18,20,30-32H,6-8,19,21H2,1-5H3/t30-,31+,32-,36+/m1/s1. The van der Waals surface area contributed by atoms with Crippen LogP contribution in [0.3, 0.4) is 0 Å². The van der Waals surface area contributed by atoms with Gasteiger partial charge in [0.25, 0.3) is 5.91 Å². The second-order valence-electron chi connectivity index (χ2n) is 12.3. The summed E-state index contributed by atoms with van der Waals surface area (Å²) in [6.07, 6.45) is 2.34. The van der Waals surface area contributed by atoms with Gasteiger partial charge < -0.3 is 9.47 Å². The van der Waals surface area contributed by atoms with Crippen molar-refractivity contribution in [2.45, 2.75) is 58.0 Å². The molecule has 0 aliphatic carbocycles. The van der Waals surface area contributed by atoms with E-state index in [-0.39, 0.29) is 18.2 Å². The molecule has 0 bridgehead atoms. The Hall–Kier alpha value is -4.50. The normalized spacial score (nSPS) is 24.7. The summed E-state index contributed by atoms with van der Waals surface area (Å²) < 4.78 is 11.3. The number of aryl methyl sites for hydroxylation is 2. The number of unbranched alkanes of at least 4 members (excludes halogenated alkanes) is 2. The van der Waals surface area contributed by atoms with Crippen molar-refractivity contribution >= 4 is 35.0 Å². The van der Waals surface area contributed by atoms with Gasteiger partial charge in [0.05, 0.1) is 49.9 Å². The molecule has 0 aromatic heterocycles. The maximum Gasteiger partial charge on any atom is 0.255 e. The molecule has 4 amide bonds. The fourth-order valence-electron chi connectivity index (χ4n) is 7.49. The molecule has 0 saturated carbocycles. The molecular weight excluding hydrogens is 570 g/mol. The minimum Gasteiger partial charge on any atom is -0.497 e. The molecule has 234 valence electrons. The first kappa shape index (κ1) is 30.5. The third-order valence-electron chi connectivity index (χ3n) is 9.64. The Morgan fingerprint density at radius 3 is 1.98 bits per heavy atom. The topological polar surface area (TPSA) is 96.5 Å². The van der Waals surface area contributed by atoms with Crippen LogP contribution in [0.4, 0.5) is 11.4 Å². The van der Waals surface area contributed by atoms with Gasteiger partial charge in [0.15, 0.2) is 0 Å². The van der Waals surface area contributed by atoms with Crippen LogP contribution in [0.25, 0.3) is 0 Å². The summed E-state index contributed by atoms with van der Waals surface area (Å²) in [7, 11) is 3.11. The van der Waals surface area contributed by atoms with Crippen molar-refractivity contribution in [3.63, 3.8) is 0 Å². The highest BCUT2D eigenvalue weighted by molar-refractivity contribution is 6.30. The summed E-state index contributed by atoms with van der Waals surface area (Å²) in [6, 6.07) is 19.1. The molecule has 45 heavy (non-hydrogen) atoms. The number of hydrogen-bond acceptors (Lipinski definition) is 7. The number of carbonyl (C=O) groups is 4. The lowest BCUT2D eigenvalue weighted by atomic mass is 9.78. The van der Waals surface area contributed by atoms with Gasteiger partial charge in [-0.3, -0.25) is 24.1 Å². The highest BCUT2D eigenvalue weighted by atomic mass is 16.5. The summed E-state index contributed by atoms with van der Waals surface area (Å²) in [5.74, 6) is -2.64. The van der Waals surface area contributed by atoms with Crippen LogP contribution in [0.2, 0.25) is 0 Å². The lowest BCUT2D eigenvalue weighted by Gasteiger charge is -2.39. The average Bonchev–Trinajstić information content (AvgIpc) is 3.58. The summed E-state index contributed by atoms with van der Waals surface area (Å²) in [5, 5.41) is 0. The monoisotopic (exact) mass is 609 g/mol. The molecule has 3 heterocycles. The van der Waals surface area contributed by atoms with Gasteiger partial charge in [-0.25, -0.2) is 9.80 Å². The molecule has 6 rings (SSSR count). The SMILES string of the molecule is CCCCCN1[C@H](c2ccc(OC)cc2OC)[C@@H]2C(=O)N(c3ccc(C)cc3)C(=O)[C@H]2[C@]12CC(=O)N(c1ccc(C)cc1)C2=O. The number of anilines is 2. The third kappa shape index (κ3) is 4.72. The molecule has 3 aromatic rings. The van der Waals surface area contributed by atoms with E-state index < -0.39 is 35.2 Å². The zero-order valence-electron chi connectivity index (χ0n) is 26.4. The third-order valence-corrected chi connectivity index (χ3v) is 9.64. The second-order valence-corrected chi connectivity index (χ2v) is 12.3. The number of likely N-dealkylation sites (tertiary alicyclic amines) is 1. The van der Waals surface area contributed by atoms with Crippen LogP contribution < -0.4 is 19.3 Å². The molecule has 0 unspecified atom stereocenters. The molecule has 3 aliphatic heterocycles. The van der Waals surface area contributed by atoms with Crippen LogP contribution in [0, 0.1) is 25.7 Å². The highest BCUT2D eigenvalue weighted by Gasteiger charge is 2.75. The number of ether oxygens (including phenoxy) is 2. The Morgan fingerprint density at radius 1 is 0.778 bits per heavy atom. The van der Waals surface area contributed by atoms with Crippen molar-refractivity contribution in [2.24, 2.45) is 11.8 Å². The Bertz CT molecular complexity index is 1650. The molecule has 9 nitrogen and oxygen atoms in total. The molecule has 0 radical (unpaired) electrons. The predicted octanol–water partition coefficient (Wildman–Crippen LogP) is 5.38. The first-order valence-electron chi connectivity index (χ1n) is 15.5. The van der Waals surface area contributed by atoms with Crippen molar-refractivity contribution < 1.29 is 28.7 Å². The predicted molar refractivity (Wildman–Crippen MR) is 170 cm³/mol. The molecule has 4 atom stereocenters. The second kappa shape index (κ2) is 11.8. The largest absolute Gasteiger partial charge is 0.497 e. The number of hydrogen-bond donors (Lipinski definition) is 0. The maximum absolute atomic E-state index is 14.9. The summed E-state index contributed by atoms with van der Waals surface area (Å²) in [6.45, 7) is 6.38. The van der Waals surface area contributed by atoms with Gasteiger partial charge in [0.2, 0.25) is 17.7 Å².